The molecule has 24 rings (SSSR count). The number of rotatable bonds is 12. The van der Waals surface area contributed by atoms with E-state index in [2.05, 4.69) is 434 Å². The lowest BCUT2D eigenvalue weighted by molar-refractivity contribution is 1.16. The molecule has 122 heavy (non-hydrogen) atoms. The van der Waals surface area contributed by atoms with E-state index in [0.29, 0.717) is 11.6 Å². The Morgan fingerprint density at radius 2 is 0.434 bits per heavy atom. The second-order valence-electron chi connectivity index (χ2n) is 31.6. The monoisotopic (exact) mass is 1550 g/mol. The summed E-state index contributed by atoms with van der Waals surface area (Å²) in [6.07, 6.45) is 0. The highest BCUT2D eigenvalue weighted by Gasteiger charge is 2.21. The minimum Gasteiger partial charge on any atom is -0.309 e. The van der Waals surface area contributed by atoms with E-state index in [9.17, 15) is 0 Å². The molecule has 568 valence electrons. The molecule has 0 aliphatic carbocycles. The van der Waals surface area contributed by atoms with Gasteiger partial charge in [0.25, 0.3) is 0 Å². The average Bonchev–Trinajstić information content (AvgIpc) is 1.57. The number of aromatic nitrogens is 6. The zero-order valence-electron chi connectivity index (χ0n) is 66.4. The normalized spacial score (nSPS) is 11.6. The molecule has 0 fully saturated rings. The van der Waals surface area contributed by atoms with Crippen LogP contribution in [0.1, 0.15) is 0 Å². The number of benzene rings is 20. The van der Waals surface area contributed by atoms with Gasteiger partial charge in [0, 0.05) is 66.3 Å². The summed E-state index contributed by atoms with van der Waals surface area (Å²) in [5.74, 6) is 1.40. The van der Waals surface area contributed by atoms with Gasteiger partial charge in [0.2, 0.25) is 0 Å². The molecule has 0 saturated heterocycles. The molecule has 0 aliphatic rings. The van der Waals surface area contributed by atoms with Crippen LogP contribution in [-0.4, -0.2) is 29.1 Å². The zero-order valence-corrected chi connectivity index (χ0v) is 66.4. The minimum absolute atomic E-state index is 0.700. The first kappa shape index (κ1) is 71.1. The maximum atomic E-state index is 5.09. The number of fused-ring (bicyclic) bond motifs is 14. The molecule has 24 aromatic rings. The van der Waals surface area contributed by atoms with Crippen molar-refractivity contribution >= 4 is 108 Å². The van der Waals surface area contributed by atoms with Gasteiger partial charge in [-0.3, -0.25) is 0 Å². The first-order valence-corrected chi connectivity index (χ1v) is 41.6. The van der Waals surface area contributed by atoms with Crippen molar-refractivity contribution in [1.82, 2.24) is 29.1 Å². The molecule has 0 bridgehead atoms. The van der Waals surface area contributed by atoms with Gasteiger partial charge in [-0.1, -0.05) is 322 Å². The van der Waals surface area contributed by atoms with E-state index in [1.165, 1.54) is 153 Å². The molecule has 0 saturated carbocycles. The van der Waals surface area contributed by atoms with Crippen molar-refractivity contribution in [2.45, 2.75) is 0 Å². The van der Waals surface area contributed by atoms with Crippen molar-refractivity contribution in [2.75, 3.05) is 0 Å². The van der Waals surface area contributed by atoms with E-state index in [1.54, 1.807) is 0 Å². The molecular formula is C116H74N6. The number of para-hydroxylation sites is 2. The highest BCUT2D eigenvalue weighted by Crippen LogP contribution is 2.44. The lowest BCUT2D eigenvalue weighted by atomic mass is 9.94. The maximum absolute atomic E-state index is 5.09. The molecule has 0 aliphatic heterocycles. The lowest BCUT2D eigenvalue weighted by Gasteiger charge is -2.12. The fourth-order valence-corrected chi connectivity index (χ4v) is 18.2. The first-order valence-electron chi connectivity index (χ1n) is 41.6. The number of hydrogen-bond acceptors (Lipinski definition) is 4. The average molecular weight is 1550 g/mol. The molecule has 0 atom stereocenters. The highest BCUT2D eigenvalue weighted by molar-refractivity contribution is 6.23. The summed E-state index contributed by atoms with van der Waals surface area (Å²) in [5.41, 5.74) is 26.4. The molecular weight excluding hydrogens is 1480 g/mol. The standard InChI is InChI=1S/2C58H37N3/c1-3-13-41(14-4-1)53-37-54(42-15-5-2-6-16-42)60-58(59-53)43-28-31-48(32-29-43)61-55-21-10-9-19-51(55)57-52-36-45(26-24-40(52)30-33-56(57)61)44-25-22-38-23-27-46(35-47(38)34-44)50-20-11-17-39-12-7-8-18-49(39)50;1-3-12-41(13-4-1)53-37-54(42-14-5-2-6-15-42)60-58(59-53)43-27-30-50(31-28-43)61-55-18-10-9-17-51(55)57-52-36-48(26-22-40(52)29-32-56(57)61)47-25-21-39-20-24-46(34-49(39)35-47)45-23-19-38-11-7-8-16-44(38)33-45/h2*1-37H. The molecule has 20 aromatic carbocycles. The van der Waals surface area contributed by atoms with E-state index in [4.69, 9.17) is 19.9 Å². The third kappa shape index (κ3) is 12.9. The molecule has 6 heteroatoms. The van der Waals surface area contributed by atoms with E-state index >= 15 is 0 Å². The molecule has 0 amide bonds. The van der Waals surface area contributed by atoms with Crippen LogP contribution in [-0.2, 0) is 0 Å². The Bertz CT molecular complexity index is 8090. The lowest BCUT2D eigenvalue weighted by Crippen LogP contribution is -1.97. The van der Waals surface area contributed by atoms with Gasteiger partial charge in [-0.2, -0.15) is 0 Å². The van der Waals surface area contributed by atoms with Gasteiger partial charge in [0.05, 0.1) is 44.8 Å². The van der Waals surface area contributed by atoms with Gasteiger partial charge in [0.1, 0.15) is 0 Å². The van der Waals surface area contributed by atoms with Crippen LogP contribution in [0.15, 0.2) is 449 Å². The summed E-state index contributed by atoms with van der Waals surface area (Å²) in [7, 11) is 0. The Morgan fingerprint density at radius 1 is 0.148 bits per heavy atom. The first-order chi connectivity index (χ1) is 60.4. The summed E-state index contributed by atoms with van der Waals surface area (Å²) >= 11 is 0. The fourth-order valence-electron chi connectivity index (χ4n) is 18.2. The SMILES string of the molecule is c1ccc(-c2cc(-c3ccccc3)nc(-c3ccc(-n4c5ccccc5c5c6cc(-c7ccc8ccc(-c9ccc%10ccccc%10c9)cc8c7)ccc6ccc54)cc3)n2)cc1.c1ccc(-c2cc(-c3ccccc3)nc(-c3ccc(-n4c5ccccc5c5c6cc(-c7ccc8ccc(-c9cccc%10ccccc9%10)cc8c7)ccc6ccc54)cc3)n2)cc1. The van der Waals surface area contributed by atoms with E-state index in [-0.39, 0.29) is 0 Å². The van der Waals surface area contributed by atoms with E-state index in [1.807, 2.05) is 24.3 Å². The molecule has 0 unspecified atom stereocenters. The summed E-state index contributed by atoms with van der Waals surface area (Å²) in [5, 5.41) is 19.9. The van der Waals surface area contributed by atoms with Gasteiger partial charge in [0.15, 0.2) is 11.6 Å². The summed E-state index contributed by atoms with van der Waals surface area (Å²) < 4.78 is 4.78. The Hall–Kier alpha value is -16.3. The Balaban J connectivity index is 0.000000142. The van der Waals surface area contributed by atoms with Crippen molar-refractivity contribution in [2.24, 2.45) is 0 Å². The van der Waals surface area contributed by atoms with Crippen LogP contribution in [0.25, 0.3) is 232 Å². The number of hydrogen-bond donors (Lipinski definition) is 0. The molecule has 4 heterocycles. The second kappa shape index (κ2) is 30.0. The minimum atomic E-state index is 0.700. The van der Waals surface area contributed by atoms with Crippen molar-refractivity contribution in [3.05, 3.63) is 449 Å². The van der Waals surface area contributed by atoms with Gasteiger partial charge < -0.3 is 9.13 Å². The van der Waals surface area contributed by atoms with Gasteiger partial charge in [-0.15, -0.1) is 0 Å². The van der Waals surface area contributed by atoms with Gasteiger partial charge in [-0.25, -0.2) is 19.9 Å². The third-order valence-electron chi connectivity index (χ3n) is 24.3. The second-order valence-corrected chi connectivity index (χ2v) is 31.6. The molecule has 0 N–H and O–H groups in total. The largest absolute Gasteiger partial charge is 0.309 e. The van der Waals surface area contributed by atoms with Crippen molar-refractivity contribution in [3.63, 3.8) is 0 Å². The van der Waals surface area contributed by atoms with Crippen LogP contribution >= 0.6 is 0 Å². The number of nitrogens with zero attached hydrogens (tertiary/aromatic N) is 6. The van der Waals surface area contributed by atoms with Gasteiger partial charge in [-0.05, 0) is 237 Å². The van der Waals surface area contributed by atoms with Crippen LogP contribution in [0.3, 0.4) is 0 Å². The molecule has 0 spiro atoms. The maximum Gasteiger partial charge on any atom is 0.160 e. The molecule has 4 aromatic heterocycles. The molecule has 6 nitrogen and oxygen atoms in total. The quantitative estimate of drug-likeness (QED) is 0.122. The van der Waals surface area contributed by atoms with Crippen LogP contribution in [0, 0.1) is 0 Å². The third-order valence-corrected chi connectivity index (χ3v) is 24.3. The van der Waals surface area contributed by atoms with Crippen LogP contribution in [0.4, 0.5) is 0 Å². The highest BCUT2D eigenvalue weighted by atomic mass is 15.0. The van der Waals surface area contributed by atoms with E-state index in [0.717, 1.165) is 67.5 Å². The van der Waals surface area contributed by atoms with Crippen molar-refractivity contribution < 1.29 is 0 Å². The van der Waals surface area contributed by atoms with Crippen LogP contribution in [0.2, 0.25) is 0 Å². The smallest absolute Gasteiger partial charge is 0.160 e. The molecule has 0 radical (unpaired) electrons. The fraction of sp³-hybridized carbons (Fsp3) is 0. The Labute approximate surface area is 705 Å². The van der Waals surface area contributed by atoms with Gasteiger partial charge >= 0.3 is 0 Å². The summed E-state index contributed by atoms with van der Waals surface area (Å²) in [6, 6.07) is 161. The topological polar surface area (TPSA) is 61.4 Å². The predicted molar refractivity (Wildman–Crippen MR) is 512 cm³/mol. The van der Waals surface area contributed by atoms with E-state index < -0.39 is 0 Å². The van der Waals surface area contributed by atoms with Crippen LogP contribution < -0.4 is 0 Å². The summed E-state index contributed by atoms with van der Waals surface area (Å²) in [6.45, 7) is 0. The Morgan fingerprint density at radius 3 is 0.852 bits per heavy atom. The van der Waals surface area contributed by atoms with Crippen molar-refractivity contribution in [1.29, 1.82) is 0 Å². The zero-order chi connectivity index (χ0) is 80.6. The van der Waals surface area contributed by atoms with Crippen molar-refractivity contribution in [3.8, 4) is 124 Å². The summed E-state index contributed by atoms with van der Waals surface area (Å²) in [4.78, 5) is 20.3. The predicted octanol–water partition coefficient (Wildman–Crippen LogP) is 30.7. The Kier molecular flexibility index (Phi) is 17.5. The van der Waals surface area contributed by atoms with Crippen LogP contribution in [0.5, 0.6) is 0 Å².